The zero-order chi connectivity index (χ0) is 19.4. The Morgan fingerprint density at radius 3 is 2.70 bits per heavy atom. The average molecular weight is 388 g/mol. The van der Waals surface area contributed by atoms with Crippen LogP contribution in [0.4, 0.5) is 5.69 Å². The summed E-state index contributed by atoms with van der Waals surface area (Å²) in [6.45, 7) is 1.30. The van der Waals surface area contributed by atoms with E-state index in [1.54, 1.807) is 48.6 Å². The Hall–Kier alpha value is -2.45. The summed E-state index contributed by atoms with van der Waals surface area (Å²) < 4.78 is 26.9. The van der Waals surface area contributed by atoms with Gasteiger partial charge in [-0.15, -0.1) is 0 Å². The Bertz CT molecular complexity index is 926. The highest BCUT2D eigenvalue weighted by Gasteiger charge is 2.35. The molecule has 1 aromatic heterocycles. The molecule has 1 heterocycles. The summed E-state index contributed by atoms with van der Waals surface area (Å²) in [4.78, 5) is 18.4. The number of likely N-dealkylation sites (N-methyl/N-ethyl adjacent to an activating group) is 2. The molecule has 3 rings (SSSR count). The molecule has 27 heavy (non-hydrogen) atoms. The van der Waals surface area contributed by atoms with Crippen molar-refractivity contribution in [2.75, 3.05) is 31.9 Å². The van der Waals surface area contributed by atoms with Crippen molar-refractivity contribution in [1.29, 1.82) is 0 Å². The zero-order valence-electron chi connectivity index (χ0n) is 15.5. The Morgan fingerprint density at radius 1 is 1.22 bits per heavy atom. The molecule has 2 N–H and O–H groups in total. The summed E-state index contributed by atoms with van der Waals surface area (Å²) in [6, 6.07) is 8.91. The lowest BCUT2D eigenvalue weighted by molar-refractivity contribution is 0.0796. The third-order valence-corrected chi connectivity index (χ3v) is 6.32. The third kappa shape index (κ3) is 4.84. The lowest BCUT2D eigenvalue weighted by Crippen LogP contribution is -2.32. The van der Waals surface area contributed by atoms with Gasteiger partial charge in [0.2, 0.25) is 10.0 Å². The van der Waals surface area contributed by atoms with Crippen molar-refractivity contribution in [3.63, 3.8) is 0 Å². The number of anilines is 1. The molecule has 1 saturated carbocycles. The third-order valence-electron chi connectivity index (χ3n) is 4.45. The molecule has 0 aliphatic heterocycles. The second kappa shape index (κ2) is 8.06. The quantitative estimate of drug-likeness (QED) is 0.721. The molecule has 1 amide bonds. The SMILES string of the molecule is CNCCN(C)C(=O)c1cncc(-c2cccc(NS(=O)(=O)C3CC3)c2)c1. The molecule has 1 aliphatic rings. The number of rotatable bonds is 8. The highest BCUT2D eigenvalue weighted by molar-refractivity contribution is 7.93. The number of carbonyl (C=O) groups is 1. The van der Waals surface area contributed by atoms with Crippen LogP contribution in [0.2, 0.25) is 0 Å². The Balaban J connectivity index is 1.80. The van der Waals surface area contributed by atoms with Crippen LogP contribution in [-0.2, 0) is 10.0 Å². The maximum absolute atomic E-state index is 12.5. The first-order chi connectivity index (χ1) is 12.9. The number of sulfonamides is 1. The molecule has 1 aliphatic carbocycles. The van der Waals surface area contributed by atoms with Crippen LogP contribution in [0.5, 0.6) is 0 Å². The van der Waals surface area contributed by atoms with Crippen LogP contribution in [0.3, 0.4) is 0 Å². The molecule has 144 valence electrons. The van der Waals surface area contributed by atoms with Gasteiger partial charge < -0.3 is 10.2 Å². The fraction of sp³-hybridized carbons (Fsp3) is 0.368. The van der Waals surface area contributed by atoms with Gasteiger partial charge in [0.1, 0.15) is 0 Å². The van der Waals surface area contributed by atoms with E-state index in [0.29, 0.717) is 37.2 Å². The van der Waals surface area contributed by atoms with Gasteiger partial charge in [-0.3, -0.25) is 14.5 Å². The van der Waals surface area contributed by atoms with E-state index >= 15 is 0 Å². The van der Waals surface area contributed by atoms with Crippen LogP contribution in [0.15, 0.2) is 42.7 Å². The summed E-state index contributed by atoms with van der Waals surface area (Å²) in [5.74, 6) is -0.106. The number of hydrogen-bond donors (Lipinski definition) is 2. The van der Waals surface area contributed by atoms with Crippen molar-refractivity contribution >= 4 is 21.6 Å². The topological polar surface area (TPSA) is 91.4 Å². The number of amides is 1. The molecule has 0 atom stereocenters. The van der Waals surface area contributed by atoms with Crippen LogP contribution in [0.1, 0.15) is 23.2 Å². The maximum atomic E-state index is 12.5. The van der Waals surface area contributed by atoms with Crippen molar-refractivity contribution in [3.05, 3.63) is 48.3 Å². The van der Waals surface area contributed by atoms with Crippen LogP contribution in [-0.4, -0.2) is 56.6 Å². The molecule has 8 heteroatoms. The van der Waals surface area contributed by atoms with Crippen molar-refractivity contribution < 1.29 is 13.2 Å². The van der Waals surface area contributed by atoms with Gasteiger partial charge in [0.05, 0.1) is 10.8 Å². The smallest absolute Gasteiger partial charge is 0.255 e. The molecule has 0 spiro atoms. The van der Waals surface area contributed by atoms with Gasteiger partial charge in [-0.2, -0.15) is 0 Å². The largest absolute Gasteiger partial charge is 0.340 e. The van der Waals surface area contributed by atoms with E-state index in [2.05, 4.69) is 15.0 Å². The fourth-order valence-corrected chi connectivity index (χ4v) is 4.08. The average Bonchev–Trinajstić information content (AvgIpc) is 3.51. The minimum Gasteiger partial charge on any atom is -0.340 e. The maximum Gasteiger partial charge on any atom is 0.255 e. The molecule has 1 fully saturated rings. The van der Waals surface area contributed by atoms with Crippen molar-refractivity contribution in [2.45, 2.75) is 18.1 Å². The summed E-state index contributed by atoms with van der Waals surface area (Å²) in [6.07, 6.45) is 4.63. The Labute approximate surface area is 159 Å². The van der Waals surface area contributed by atoms with Gasteiger partial charge in [0.15, 0.2) is 0 Å². The number of carbonyl (C=O) groups excluding carboxylic acids is 1. The van der Waals surface area contributed by atoms with Crippen molar-refractivity contribution in [1.82, 2.24) is 15.2 Å². The summed E-state index contributed by atoms with van der Waals surface area (Å²) in [5, 5.41) is 2.73. The first-order valence-corrected chi connectivity index (χ1v) is 10.4. The minimum atomic E-state index is -3.31. The number of aromatic nitrogens is 1. The molecule has 0 bridgehead atoms. The summed E-state index contributed by atoms with van der Waals surface area (Å²) in [7, 11) is 0.275. The van der Waals surface area contributed by atoms with Gasteiger partial charge in [-0.05, 0) is 43.7 Å². The van der Waals surface area contributed by atoms with Crippen LogP contribution < -0.4 is 10.0 Å². The highest BCUT2D eigenvalue weighted by Crippen LogP contribution is 2.30. The summed E-state index contributed by atoms with van der Waals surface area (Å²) in [5.41, 5.74) is 2.57. The second-order valence-corrected chi connectivity index (χ2v) is 8.68. The first-order valence-electron chi connectivity index (χ1n) is 8.88. The molecule has 0 unspecified atom stereocenters. The molecule has 0 saturated heterocycles. The lowest BCUT2D eigenvalue weighted by Gasteiger charge is -2.17. The fourth-order valence-electron chi connectivity index (χ4n) is 2.70. The predicted octanol–water partition coefficient (Wildman–Crippen LogP) is 1.94. The number of hydrogen-bond acceptors (Lipinski definition) is 5. The Kier molecular flexibility index (Phi) is 5.76. The predicted molar refractivity (Wildman–Crippen MR) is 106 cm³/mol. The van der Waals surface area contributed by atoms with Crippen LogP contribution in [0, 0.1) is 0 Å². The van der Waals surface area contributed by atoms with Gasteiger partial charge in [-0.25, -0.2) is 8.42 Å². The normalized spacial score (nSPS) is 14.0. The van der Waals surface area contributed by atoms with Gasteiger partial charge in [0, 0.05) is 43.8 Å². The van der Waals surface area contributed by atoms with Gasteiger partial charge >= 0.3 is 0 Å². The monoisotopic (exact) mass is 388 g/mol. The lowest BCUT2D eigenvalue weighted by atomic mass is 10.1. The number of benzene rings is 1. The summed E-state index contributed by atoms with van der Waals surface area (Å²) >= 11 is 0. The number of nitrogens with zero attached hydrogens (tertiary/aromatic N) is 2. The van der Waals surface area contributed by atoms with E-state index in [0.717, 1.165) is 11.1 Å². The van der Waals surface area contributed by atoms with E-state index in [9.17, 15) is 13.2 Å². The van der Waals surface area contributed by atoms with E-state index < -0.39 is 10.0 Å². The molecule has 1 aromatic carbocycles. The molecular formula is C19H24N4O3S. The zero-order valence-corrected chi connectivity index (χ0v) is 16.3. The van der Waals surface area contributed by atoms with E-state index in [4.69, 9.17) is 0 Å². The minimum absolute atomic E-state index is 0.106. The molecular weight excluding hydrogens is 364 g/mol. The molecule has 7 nitrogen and oxygen atoms in total. The molecule has 2 aromatic rings. The van der Waals surface area contributed by atoms with Crippen molar-refractivity contribution in [2.24, 2.45) is 0 Å². The van der Waals surface area contributed by atoms with E-state index in [1.807, 2.05) is 13.1 Å². The van der Waals surface area contributed by atoms with Crippen LogP contribution in [0.25, 0.3) is 11.1 Å². The Morgan fingerprint density at radius 2 is 2.00 bits per heavy atom. The standard InChI is InChI=1S/C19H24N4O3S/c1-20-8-9-23(2)19(24)16-10-15(12-21-13-16)14-4-3-5-17(11-14)22-27(25,26)18-6-7-18/h3-5,10-13,18,20,22H,6-9H2,1-2H3. The van der Waals surface area contributed by atoms with E-state index in [-0.39, 0.29) is 11.2 Å². The number of pyridine rings is 1. The van der Waals surface area contributed by atoms with Crippen LogP contribution >= 0.6 is 0 Å². The molecule has 0 radical (unpaired) electrons. The highest BCUT2D eigenvalue weighted by atomic mass is 32.2. The van der Waals surface area contributed by atoms with Gasteiger partial charge in [-0.1, -0.05) is 12.1 Å². The number of nitrogens with one attached hydrogen (secondary N) is 2. The second-order valence-electron chi connectivity index (χ2n) is 6.72. The first kappa shape index (κ1) is 19.3. The van der Waals surface area contributed by atoms with Gasteiger partial charge in [0.25, 0.3) is 5.91 Å². The van der Waals surface area contributed by atoms with E-state index in [1.165, 1.54) is 0 Å². The van der Waals surface area contributed by atoms with Crippen molar-refractivity contribution in [3.8, 4) is 11.1 Å².